The van der Waals surface area contributed by atoms with E-state index in [1.165, 1.54) is 6.42 Å². The van der Waals surface area contributed by atoms with Crippen molar-refractivity contribution in [3.05, 3.63) is 54.3 Å². The van der Waals surface area contributed by atoms with Crippen LogP contribution >= 0.6 is 0 Å². The lowest BCUT2D eigenvalue weighted by molar-refractivity contribution is 0.101. The Labute approximate surface area is 147 Å². The zero-order valence-corrected chi connectivity index (χ0v) is 14.3. The Hall–Kier alpha value is -2.11. The van der Waals surface area contributed by atoms with Crippen LogP contribution in [-0.2, 0) is 6.42 Å². The number of para-hydroxylation sites is 2. The molecule has 1 aliphatic heterocycles. The molecule has 5 heteroatoms. The molecule has 1 saturated heterocycles. The molecule has 3 heterocycles. The fraction of sp³-hybridized carbons (Fsp3) is 0.450. The molecule has 1 fully saturated rings. The molecule has 132 valence electrons. The summed E-state index contributed by atoms with van der Waals surface area (Å²) in [5, 5.41) is 10.3. The number of oxazole rings is 1. The van der Waals surface area contributed by atoms with Gasteiger partial charge in [-0.05, 0) is 63.0 Å². The first kappa shape index (κ1) is 16.4. The van der Waals surface area contributed by atoms with Crippen molar-refractivity contribution < 1.29 is 13.9 Å². The van der Waals surface area contributed by atoms with Gasteiger partial charge in [-0.15, -0.1) is 0 Å². The molecule has 0 saturated carbocycles. The largest absolute Gasteiger partial charge is 0.467 e. The predicted molar refractivity (Wildman–Crippen MR) is 95.2 cm³/mol. The van der Waals surface area contributed by atoms with Gasteiger partial charge in [0.05, 0.1) is 6.26 Å². The number of nitrogens with zero attached hydrogens (tertiary/aromatic N) is 2. The Morgan fingerprint density at radius 1 is 1.24 bits per heavy atom. The van der Waals surface area contributed by atoms with Crippen LogP contribution in [0, 0.1) is 0 Å². The molecule has 2 unspecified atom stereocenters. The van der Waals surface area contributed by atoms with Gasteiger partial charge in [0, 0.05) is 12.5 Å². The van der Waals surface area contributed by atoms with E-state index in [0.29, 0.717) is 11.8 Å². The van der Waals surface area contributed by atoms with Crippen LogP contribution < -0.4 is 0 Å². The second-order valence-electron chi connectivity index (χ2n) is 6.78. The number of likely N-dealkylation sites (tertiary alicyclic amines) is 1. The second-order valence-corrected chi connectivity index (χ2v) is 6.78. The van der Waals surface area contributed by atoms with Crippen molar-refractivity contribution in [1.29, 1.82) is 0 Å². The van der Waals surface area contributed by atoms with Crippen molar-refractivity contribution in [2.24, 2.45) is 0 Å². The van der Waals surface area contributed by atoms with Crippen LogP contribution in [0.5, 0.6) is 0 Å². The SMILES string of the molecule is OC(CC1CCCN1CCCc1nc2ccccc2o1)c1ccco1. The van der Waals surface area contributed by atoms with Crippen LogP contribution in [0.3, 0.4) is 0 Å². The number of rotatable bonds is 7. The Balaban J connectivity index is 1.29. The standard InChI is InChI=1S/C20H24N2O3/c23-17(19-9-5-13-24-19)14-15-6-3-11-22(15)12-4-10-20-21-16-7-1-2-8-18(16)25-20/h1-2,5,7-9,13,15,17,23H,3-4,6,10-12,14H2. The molecule has 0 amide bonds. The fourth-order valence-electron chi connectivity index (χ4n) is 3.77. The maximum atomic E-state index is 10.3. The molecule has 3 aromatic rings. The summed E-state index contributed by atoms with van der Waals surface area (Å²) >= 11 is 0. The third-order valence-corrected chi connectivity index (χ3v) is 5.04. The summed E-state index contributed by atoms with van der Waals surface area (Å²) in [6, 6.07) is 12.0. The average molecular weight is 340 g/mol. The minimum absolute atomic E-state index is 0.420. The van der Waals surface area contributed by atoms with E-state index >= 15 is 0 Å². The zero-order chi connectivity index (χ0) is 17.1. The minimum atomic E-state index is -0.516. The maximum absolute atomic E-state index is 10.3. The first-order valence-corrected chi connectivity index (χ1v) is 9.09. The highest BCUT2D eigenvalue weighted by Crippen LogP contribution is 2.28. The summed E-state index contributed by atoms with van der Waals surface area (Å²) < 4.78 is 11.1. The Kier molecular flexibility index (Phi) is 4.85. The quantitative estimate of drug-likeness (QED) is 0.706. The number of aromatic nitrogens is 1. The Morgan fingerprint density at radius 3 is 3.00 bits per heavy atom. The van der Waals surface area contributed by atoms with Gasteiger partial charge >= 0.3 is 0 Å². The Bertz CT molecular complexity index is 763. The van der Waals surface area contributed by atoms with E-state index in [-0.39, 0.29) is 0 Å². The molecule has 0 bridgehead atoms. The molecule has 0 spiro atoms. The molecule has 0 aliphatic carbocycles. The topological polar surface area (TPSA) is 62.6 Å². The van der Waals surface area contributed by atoms with Crippen molar-refractivity contribution in [3.63, 3.8) is 0 Å². The zero-order valence-electron chi connectivity index (χ0n) is 14.3. The summed E-state index contributed by atoms with van der Waals surface area (Å²) in [6.45, 7) is 2.11. The normalized spacial score (nSPS) is 19.6. The number of aryl methyl sites for hydroxylation is 1. The van der Waals surface area contributed by atoms with E-state index in [2.05, 4.69) is 9.88 Å². The van der Waals surface area contributed by atoms with Crippen molar-refractivity contribution in [3.8, 4) is 0 Å². The molecule has 4 rings (SSSR count). The summed E-state index contributed by atoms with van der Waals surface area (Å²) in [6.07, 6.45) is 6.03. The highest BCUT2D eigenvalue weighted by Gasteiger charge is 2.27. The lowest BCUT2D eigenvalue weighted by atomic mass is 10.0. The highest BCUT2D eigenvalue weighted by molar-refractivity contribution is 5.72. The first-order chi connectivity index (χ1) is 12.3. The minimum Gasteiger partial charge on any atom is -0.467 e. The predicted octanol–water partition coefficient (Wildman–Crippen LogP) is 3.94. The van der Waals surface area contributed by atoms with Crippen LogP contribution in [-0.4, -0.2) is 34.1 Å². The van der Waals surface area contributed by atoms with Gasteiger partial charge in [0.2, 0.25) is 0 Å². The molecule has 2 aromatic heterocycles. The monoisotopic (exact) mass is 340 g/mol. The van der Waals surface area contributed by atoms with E-state index < -0.39 is 6.10 Å². The summed E-state index contributed by atoms with van der Waals surface area (Å²) in [5.41, 5.74) is 1.79. The maximum Gasteiger partial charge on any atom is 0.195 e. The summed E-state index contributed by atoms with van der Waals surface area (Å²) in [5.74, 6) is 1.48. The lowest BCUT2D eigenvalue weighted by Gasteiger charge is -2.25. The molecule has 1 aliphatic rings. The average Bonchev–Trinajstić information content (AvgIpc) is 3.35. The van der Waals surface area contributed by atoms with E-state index in [1.54, 1.807) is 6.26 Å². The molecule has 0 radical (unpaired) electrons. The van der Waals surface area contributed by atoms with Gasteiger partial charge in [0.15, 0.2) is 11.5 Å². The number of hydrogen-bond acceptors (Lipinski definition) is 5. The fourth-order valence-corrected chi connectivity index (χ4v) is 3.77. The van der Waals surface area contributed by atoms with Crippen LogP contribution in [0.4, 0.5) is 0 Å². The van der Waals surface area contributed by atoms with Crippen molar-refractivity contribution in [1.82, 2.24) is 9.88 Å². The first-order valence-electron chi connectivity index (χ1n) is 9.09. The van der Waals surface area contributed by atoms with Crippen molar-refractivity contribution in [2.45, 2.75) is 44.2 Å². The third-order valence-electron chi connectivity index (χ3n) is 5.04. The number of aliphatic hydroxyl groups is 1. The molecule has 1 N–H and O–H groups in total. The number of benzene rings is 1. The number of furan rings is 1. The lowest BCUT2D eigenvalue weighted by Crippen LogP contribution is -2.32. The van der Waals surface area contributed by atoms with Gasteiger partial charge in [-0.3, -0.25) is 0 Å². The number of hydrogen-bond donors (Lipinski definition) is 1. The summed E-state index contributed by atoms with van der Waals surface area (Å²) in [4.78, 5) is 7.02. The molecular formula is C20H24N2O3. The van der Waals surface area contributed by atoms with Crippen LogP contribution in [0.1, 0.15) is 43.4 Å². The highest BCUT2D eigenvalue weighted by atomic mass is 16.4. The molecule has 2 atom stereocenters. The van der Waals surface area contributed by atoms with Crippen molar-refractivity contribution in [2.75, 3.05) is 13.1 Å². The molecule has 5 nitrogen and oxygen atoms in total. The van der Waals surface area contributed by atoms with Crippen LogP contribution in [0.15, 0.2) is 51.5 Å². The molecule has 1 aromatic carbocycles. The van der Waals surface area contributed by atoms with E-state index in [1.807, 2.05) is 36.4 Å². The molecule has 25 heavy (non-hydrogen) atoms. The van der Waals surface area contributed by atoms with Crippen molar-refractivity contribution >= 4 is 11.1 Å². The number of fused-ring (bicyclic) bond motifs is 1. The summed E-state index contributed by atoms with van der Waals surface area (Å²) in [7, 11) is 0. The van der Waals surface area contributed by atoms with Gasteiger partial charge in [-0.25, -0.2) is 4.98 Å². The van der Waals surface area contributed by atoms with Gasteiger partial charge in [-0.2, -0.15) is 0 Å². The van der Waals surface area contributed by atoms with E-state index in [4.69, 9.17) is 8.83 Å². The Morgan fingerprint density at radius 2 is 2.16 bits per heavy atom. The third kappa shape index (κ3) is 3.78. The van der Waals surface area contributed by atoms with Gasteiger partial charge in [0.1, 0.15) is 17.4 Å². The molecular weight excluding hydrogens is 316 g/mol. The van der Waals surface area contributed by atoms with Gasteiger partial charge in [0.25, 0.3) is 0 Å². The smallest absolute Gasteiger partial charge is 0.195 e. The van der Waals surface area contributed by atoms with Crippen LogP contribution in [0.2, 0.25) is 0 Å². The van der Waals surface area contributed by atoms with Crippen LogP contribution in [0.25, 0.3) is 11.1 Å². The van der Waals surface area contributed by atoms with E-state index in [9.17, 15) is 5.11 Å². The van der Waals surface area contributed by atoms with Gasteiger partial charge in [-0.1, -0.05) is 12.1 Å². The van der Waals surface area contributed by atoms with Gasteiger partial charge < -0.3 is 18.8 Å². The second kappa shape index (κ2) is 7.42. The van der Waals surface area contributed by atoms with E-state index in [0.717, 1.165) is 55.8 Å². The number of aliphatic hydroxyl groups excluding tert-OH is 1.